The monoisotopic (exact) mass is 493 g/mol. The first kappa shape index (κ1) is 21.3. The summed E-state index contributed by atoms with van der Waals surface area (Å²) in [6.07, 6.45) is 0. The molecule has 4 rings (SSSR count). The van der Waals surface area contributed by atoms with Gasteiger partial charge >= 0.3 is 0 Å². The highest BCUT2D eigenvalue weighted by Gasteiger charge is 2.16. The van der Waals surface area contributed by atoms with Gasteiger partial charge < -0.3 is 5.32 Å². The summed E-state index contributed by atoms with van der Waals surface area (Å²) in [6, 6.07) is 20.7. The molecule has 1 aromatic heterocycles. The van der Waals surface area contributed by atoms with Crippen molar-refractivity contribution in [2.24, 2.45) is 0 Å². The SMILES string of the molecule is Cc1ccc(C)c(-n2c(SCC(=O)Nc3ccccc3Br)nc3ccccc3c2=O)c1. The van der Waals surface area contributed by atoms with Crippen molar-refractivity contribution in [1.82, 2.24) is 9.55 Å². The number of amides is 1. The van der Waals surface area contributed by atoms with Gasteiger partial charge in [-0.2, -0.15) is 0 Å². The number of rotatable bonds is 5. The summed E-state index contributed by atoms with van der Waals surface area (Å²) < 4.78 is 2.42. The van der Waals surface area contributed by atoms with Crippen molar-refractivity contribution < 1.29 is 4.79 Å². The van der Waals surface area contributed by atoms with Gasteiger partial charge in [0.05, 0.1) is 28.0 Å². The summed E-state index contributed by atoms with van der Waals surface area (Å²) in [6.45, 7) is 3.95. The number of thioether (sulfide) groups is 1. The van der Waals surface area contributed by atoms with Crippen LogP contribution in [-0.4, -0.2) is 21.2 Å². The molecule has 5 nitrogen and oxygen atoms in total. The van der Waals surface area contributed by atoms with Gasteiger partial charge in [0.2, 0.25) is 5.91 Å². The van der Waals surface area contributed by atoms with Gasteiger partial charge in [-0.25, -0.2) is 4.98 Å². The minimum absolute atomic E-state index is 0.122. The Hall–Kier alpha value is -2.90. The average molecular weight is 494 g/mol. The number of anilines is 1. The highest BCUT2D eigenvalue weighted by molar-refractivity contribution is 9.10. The van der Waals surface area contributed by atoms with E-state index in [1.807, 2.05) is 74.5 Å². The maximum atomic E-state index is 13.4. The Morgan fingerprint density at radius 3 is 2.61 bits per heavy atom. The van der Waals surface area contributed by atoms with Gasteiger partial charge in [-0.05, 0) is 71.2 Å². The molecule has 156 valence electrons. The molecule has 0 bridgehead atoms. The standard InChI is InChI=1S/C24H20BrN3O2S/c1-15-11-12-16(2)21(13-15)28-23(30)17-7-3-5-9-19(17)27-24(28)31-14-22(29)26-20-10-6-4-8-18(20)25/h3-13H,14H2,1-2H3,(H,26,29). The Bertz CT molecular complexity index is 1350. The van der Waals surface area contributed by atoms with E-state index in [0.29, 0.717) is 21.7 Å². The van der Waals surface area contributed by atoms with E-state index in [1.165, 1.54) is 11.8 Å². The minimum Gasteiger partial charge on any atom is -0.324 e. The summed E-state index contributed by atoms with van der Waals surface area (Å²) in [4.78, 5) is 30.7. The number of halogens is 1. The predicted molar refractivity (Wildman–Crippen MR) is 130 cm³/mol. The number of fused-ring (bicyclic) bond motifs is 1. The molecule has 0 radical (unpaired) electrons. The van der Waals surface area contributed by atoms with Gasteiger partial charge in [-0.3, -0.25) is 14.2 Å². The van der Waals surface area contributed by atoms with Crippen LogP contribution in [0.2, 0.25) is 0 Å². The number of hydrogen-bond acceptors (Lipinski definition) is 4. The van der Waals surface area contributed by atoms with E-state index in [1.54, 1.807) is 10.6 Å². The van der Waals surface area contributed by atoms with E-state index >= 15 is 0 Å². The van der Waals surface area contributed by atoms with E-state index in [2.05, 4.69) is 21.2 Å². The van der Waals surface area contributed by atoms with Crippen molar-refractivity contribution in [2.45, 2.75) is 19.0 Å². The van der Waals surface area contributed by atoms with Crippen LogP contribution in [0.5, 0.6) is 0 Å². The number of carbonyl (C=O) groups is 1. The molecule has 4 aromatic rings. The highest BCUT2D eigenvalue weighted by atomic mass is 79.9. The topological polar surface area (TPSA) is 64.0 Å². The first-order valence-corrected chi connectivity index (χ1v) is 11.5. The molecular weight excluding hydrogens is 474 g/mol. The summed E-state index contributed by atoms with van der Waals surface area (Å²) in [5, 5.41) is 3.92. The molecule has 0 unspecified atom stereocenters. The number of aryl methyl sites for hydroxylation is 2. The Morgan fingerprint density at radius 1 is 1.06 bits per heavy atom. The molecule has 0 aliphatic carbocycles. The van der Waals surface area contributed by atoms with Crippen LogP contribution in [0.1, 0.15) is 11.1 Å². The third-order valence-electron chi connectivity index (χ3n) is 4.83. The minimum atomic E-state index is -0.174. The highest BCUT2D eigenvalue weighted by Crippen LogP contribution is 2.25. The first-order chi connectivity index (χ1) is 14.9. The van der Waals surface area contributed by atoms with E-state index in [0.717, 1.165) is 21.3 Å². The van der Waals surface area contributed by atoms with Gasteiger partial charge in [-0.15, -0.1) is 0 Å². The molecule has 0 aliphatic rings. The van der Waals surface area contributed by atoms with Gasteiger partial charge in [-0.1, -0.05) is 48.2 Å². The van der Waals surface area contributed by atoms with Gasteiger partial charge in [0.1, 0.15) is 0 Å². The molecule has 1 N–H and O–H groups in total. The fraction of sp³-hybridized carbons (Fsp3) is 0.125. The molecular formula is C24H20BrN3O2S. The fourth-order valence-corrected chi connectivity index (χ4v) is 4.45. The second-order valence-electron chi connectivity index (χ2n) is 7.16. The van der Waals surface area contributed by atoms with Crippen molar-refractivity contribution in [3.63, 3.8) is 0 Å². The molecule has 7 heteroatoms. The average Bonchev–Trinajstić information content (AvgIpc) is 2.76. The number of nitrogens with zero attached hydrogens (tertiary/aromatic N) is 2. The van der Waals surface area contributed by atoms with Gasteiger partial charge in [0.15, 0.2) is 5.16 Å². The fourth-order valence-electron chi connectivity index (χ4n) is 3.26. The van der Waals surface area contributed by atoms with Crippen molar-refractivity contribution in [2.75, 3.05) is 11.1 Å². The maximum Gasteiger partial charge on any atom is 0.266 e. The number of nitrogens with one attached hydrogen (secondary N) is 1. The molecule has 0 saturated heterocycles. The summed E-state index contributed by atoms with van der Waals surface area (Å²) >= 11 is 4.68. The van der Waals surface area contributed by atoms with E-state index in [-0.39, 0.29) is 17.2 Å². The lowest BCUT2D eigenvalue weighted by molar-refractivity contribution is -0.113. The first-order valence-electron chi connectivity index (χ1n) is 9.70. The van der Waals surface area contributed by atoms with E-state index < -0.39 is 0 Å². The molecule has 0 saturated carbocycles. The van der Waals surface area contributed by atoms with Crippen molar-refractivity contribution in [1.29, 1.82) is 0 Å². The zero-order valence-corrected chi connectivity index (χ0v) is 19.5. The number of hydrogen-bond donors (Lipinski definition) is 1. The van der Waals surface area contributed by atoms with Crippen molar-refractivity contribution in [3.8, 4) is 5.69 Å². The molecule has 0 aliphatic heterocycles. The molecule has 0 spiro atoms. The van der Waals surface area contributed by atoms with Crippen molar-refractivity contribution >= 4 is 50.2 Å². The molecule has 1 amide bonds. The van der Waals surface area contributed by atoms with Crippen LogP contribution in [0, 0.1) is 13.8 Å². The van der Waals surface area contributed by atoms with Crippen molar-refractivity contribution in [3.05, 3.63) is 92.7 Å². The number of benzene rings is 3. The number of carbonyl (C=O) groups excluding carboxylic acids is 1. The lowest BCUT2D eigenvalue weighted by Gasteiger charge is -2.16. The predicted octanol–water partition coefficient (Wildman–Crippen LogP) is 5.50. The maximum absolute atomic E-state index is 13.4. The van der Waals surface area contributed by atoms with Gasteiger partial charge in [0.25, 0.3) is 5.56 Å². The third kappa shape index (κ3) is 4.57. The summed E-state index contributed by atoms with van der Waals surface area (Å²) in [5.41, 5.74) is 3.95. The zero-order chi connectivity index (χ0) is 22.0. The van der Waals surface area contributed by atoms with Crippen LogP contribution < -0.4 is 10.9 Å². The largest absolute Gasteiger partial charge is 0.324 e. The zero-order valence-electron chi connectivity index (χ0n) is 17.1. The Balaban J connectivity index is 1.73. The van der Waals surface area contributed by atoms with Gasteiger partial charge in [0, 0.05) is 4.47 Å². The molecule has 3 aromatic carbocycles. The van der Waals surface area contributed by atoms with Crippen LogP contribution in [0.15, 0.2) is 81.2 Å². The molecule has 0 fully saturated rings. The second-order valence-corrected chi connectivity index (χ2v) is 8.96. The second kappa shape index (κ2) is 9.08. The summed E-state index contributed by atoms with van der Waals surface area (Å²) in [7, 11) is 0. The van der Waals surface area contributed by atoms with Crippen LogP contribution in [0.25, 0.3) is 16.6 Å². The van der Waals surface area contributed by atoms with E-state index in [4.69, 9.17) is 4.98 Å². The normalized spacial score (nSPS) is 10.9. The Kier molecular flexibility index (Phi) is 6.25. The van der Waals surface area contributed by atoms with Crippen LogP contribution in [-0.2, 0) is 4.79 Å². The Labute approximate surface area is 192 Å². The van der Waals surface area contributed by atoms with Crippen LogP contribution >= 0.6 is 27.7 Å². The third-order valence-corrected chi connectivity index (χ3v) is 6.46. The molecule has 1 heterocycles. The molecule has 0 atom stereocenters. The van der Waals surface area contributed by atoms with Crippen LogP contribution in [0.4, 0.5) is 5.69 Å². The summed E-state index contributed by atoms with van der Waals surface area (Å²) in [5.74, 6) is -0.0522. The lowest BCUT2D eigenvalue weighted by Crippen LogP contribution is -2.23. The lowest BCUT2D eigenvalue weighted by atomic mass is 10.1. The quantitative estimate of drug-likeness (QED) is 0.294. The van der Waals surface area contributed by atoms with E-state index in [9.17, 15) is 9.59 Å². The number of aromatic nitrogens is 2. The van der Waals surface area contributed by atoms with Crippen LogP contribution in [0.3, 0.4) is 0 Å². The number of para-hydroxylation sites is 2. The molecule has 31 heavy (non-hydrogen) atoms. The smallest absolute Gasteiger partial charge is 0.266 e. The Morgan fingerprint density at radius 2 is 1.81 bits per heavy atom.